The predicted octanol–water partition coefficient (Wildman–Crippen LogP) is 3.02. The van der Waals surface area contributed by atoms with E-state index in [9.17, 15) is 9.18 Å². The zero-order valence-corrected chi connectivity index (χ0v) is 12.5. The average molecular weight is 303 g/mol. The van der Waals surface area contributed by atoms with Gasteiger partial charge in [0.1, 0.15) is 11.9 Å². The number of carbonyl (C=O) groups excluding carboxylic acids is 1. The van der Waals surface area contributed by atoms with Crippen molar-refractivity contribution < 1.29 is 13.7 Å². The molecule has 0 bridgehead atoms. The SMILES string of the molecule is CCCc1noc(C2CCC(=O)N2Cc2cccc(F)c2)n1. The summed E-state index contributed by atoms with van der Waals surface area (Å²) in [5, 5.41) is 3.95. The molecule has 22 heavy (non-hydrogen) atoms. The molecule has 0 aliphatic carbocycles. The quantitative estimate of drug-likeness (QED) is 0.852. The van der Waals surface area contributed by atoms with Crippen LogP contribution in [0.2, 0.25) is 0 Å². The molecule has 5 nitrogen and oxygen atoms in total. The highest BCUT2D eigenvalue weighted by Crippen LogP contribution is 2.33. The molecule has 3 rings (SSSR count). The van der Waals surface area contributed by atoms with Crippen LogP contribution in [0.4, 0.5) is 4.39 Å². The molecule has 1 unspecified atom stereocenters. The van der Waals surface area contributed by atoms with Crippen molar-refractivity contribution in [2.75, 3.05) is 0 Å². The van der Waals surface area contributed by atoms with E-state index in [1.807, 2.05) is 13.0 Å². The first-order valence-corrected chi connectivity index (χ1v) is 7.53. The van der Waals surface area contributed by atoms with Crippen molar-refractivity contribution in [2.45, 2.75) is 45.2 Å². The van der Waals surface area contributed by atoms with Gasteiger partial charge < -0.3 is 9.42 Å². The largest absolute Gasteiger partial charge is 0.337 e. The maximum atomic E-state index is 13.3. The lowest BCUT2D eigenvalue weighted by Crippen LogP contribution is -2.27. The van der Waals surface area contributed by atoms with Crippen LogP contribution in [-0.4, -0.2) is 20.9 Å². The maximum Gasteiger partial charge on any atom is 0.249 e. The van der Waals surface area contributed by atoms with E-state index in [1.54, 1.807) is 11.0 Å². The fourth-order valence-electron chi connectivity index (χ4n) is 2.75. The Kier molecular flexibility index (Phi) is 4.18. The summed E-state index contributed by atoms with van der Waals surface area (Å²) >= 11 is 0. The molecule has 2 aromatic rings. The number of aromatic nitrogens is 2. The molecule has 0 radical (unpaired) electrons. The van der Waals surface area contributed by atoms with E-state index in [2.05, 4.69) is 10.1 Å². The third-order valence-corrected chi connectivity index (χ3v) is 3.81. The monoisotopic (exact) mass is 303 g/mol. The van der Waals surface area contributed by atoms with Crippen molar-refractivity contribution in [1.82, 2.24) is 15.0 Å². The summed E-state index contributed by atoms with van der Waals surface area (Å²) in [7, 11) is 0. The number of carbonyl (C=O) groups is 1. The number of benzene rings is 1. The summed E-state index contributed by atoms with van der Waals surface area (Å²) in [5.74, 6) is 0.876. The van der Waals surface area contributed by atoms with Crippen LogP contribution < -0.4 is 0 Å². The molecule has 1 atom stereocenters. The Morgan fingerprint density at radius 2 is 2.32 bits per heavy atom. The number of hydrogen-bond donors (Lipinski definition) is 0. The Hall–Kier alpha value is -2.24. The number of likely N-dealkylation sites (tertiary alicyclic amines) is 1. The summed E-state index contributed by atoms with van der Waals surface area (Å²) < 4.78 is 18.6. The van der Waals surface area contributed by atoms with Crippen molar-refractivity contribution >= 4 is 5.91 Å². The van der Waals surface area contributed by atoms with Gasteiger partial charge in [0.25, 0.3) is 0 Å². The minimum atomic E-state index is -0.302. The summed E-state index contributed by atoms with van der Waals surface area (Å²) in [6.45, 7) is 2.40. The second-order valence-electron chi connectivity index (χ2n) is 5.50. The molecule has 0 saturated carbocycles. The van der Waals surface area contributed by atoms with Gasteiger partial charge in [-0.2, -0.15) is 4.98 Å². The highest BCUT2D eigenvalue weighted by molar-refractivity contribution is 5.78. The maximum absolute atomic E-state index is 13.3. The number of halogens is 1. The molecule has 1 aromatic carbocycles. The van der Waals surface area contributed by atoms with Gasteiger partial charge in [-0.05, 0) is 30.5 Å². The van der Waals surface area contributed by atoms with Gasteiger partial charge in [-0.3, -0.25) is 4.79 Å². The third kappa shape index (κ3) is 3.00. The van der Waals surface area contributed by atoms with Gasteiger partial charge in [-0.15, -0.1) is 0 Å². The molecule has 1 aliphatic rings. The molecular weight excluding hydrogens is 285 g/mol. The van der Waals surface area contributed by atoms with Crippen molar-refractivity contribution in [3.05, 3.63) is 47.4 Å². The van der Waals surface area contributed by atoms with Crippen LogP contribution in [0, 0.1) is 5.82 Å². The predicted molar refractivity (Wildman–Crippen MR) is 77.2 cm³/mol. The van der Waals surface area contributed by atoms with Gasteiger partial charge >= 0.3 is 0 Å². The van der Waals surface area contributed by atoms with E-state index in [0.29, 0.717) is 31.1 Å². The number of rotatable bonds is 5. The van der Waals surface area contributed by atoms with E-state index in [-0.39, 0.29) is 17.8 Å². The van der Waals surface area contributed by atoms with Crippen molar-refractivity contribution in [3.8, 4) is 0 Å². The molecule has 1 amide bonds. The smallest absolute Gasteiger partial charge is 0.249 e. The fourth-order valence-corrected chi connectivity index (χ4v) is 2.75. The van der Waals surface area contributed by atoms with Gasteiger partial charge in [-0.25, -0.2) is 4.39 Å². The molecule has 0 spiro atoms. The van der Waals surface area contributed by atoms with Gasteiger partial charge in [0, 0.05) is 19.4 Å². The van der Waals surface area contributed by atoms with E-state index in [1.165, 1.54) is 12.1 Å². The molecule has 1 aliphatic heterocycles. The second-order valence-corrected chi connectivity index (χ2v) is 5.50. The Balaban J connectivity index is 1.79. The second kappa shape index (κ2) is 6.25. The molecule has 1 fully saturated rings. The van der Waals surface area contributed by atoms with Crippen molar-refractivity contribution in [2.24, 2.45) is 0 Å². The topological polar surface area (TPSA) is 59.2 Å². The lowest BCUT2D eigenvalue weighted by molar-refractivity contribution is -0.130. The lowest BCUT2D eigenvalue weighted by atomic mass is 10.1. The van der Waals surface area contributed by atoms with Crippen LogP contribution in [-0.2, 0) is 17.8 Å². The number of nitrogens with zero attached hydrogens (tertiary/aromatic N) is 3. The van der Waals surface area contributed by atoms with E-state index in [0.717, 1.165) is 18.4 Å². The van der Waals surface area contributed by atoms with Crippen LogP contribution >= 0.6 is 0 Å². The summed E-state index contributed by atoms with van der Waals surface area (Å²) in [6, 6.07) is 6.07. The number of aryl methyl sites for hydroxylation is 1. The van der Waals surface area contributed by atoms with Gasteiger partial charge in [-0.1, -0.05) is 24.2 Å². The number of hydrogen-bond acceptors (Lipinski definition) is 4. The third-order valence-electron chi connectivity index (χ3n) is 3.81. The molecule has 0 N–H and O–H groups in total. The Labute approximate surface area is 128 Å². The van der Waals surface area contributed by atoms with Crippen molar-refractivity contribution in [1.29, 1.82) is 0 Å². The van der Waals surface area contributed by atoms with Gasteiger partial charge in [0.15, 0.2) is 5.82 Å². The Morgan fingerprint density at radius 1 is 1.45 bits per heavy atom. The standard InChI is InChI=1S/C16H18FN3O2/c1-2-4-14-18-16(22-19-14)13-7-8-15(21)20(13)10-11-5-3-6-12(17)9-11/h3,5-6,9,13H,2,4,7-8,10H2,1H3. The molecule has 1 aromatic heterocycles. The first-order valence-electron chi connectivity index (χ1n) is 7.53. The van der Waals surface area contributed by atoms with Crippen LogP contribution in [0.5, 0.6) is 0 Å². The molecular formula is C16H18FN3O2. The summed E-state index contributed by atoms with van der Waals surface area (Å²) in [5.41, 5.74) is 0.758. The lowest BCUT2D eigenvalue weighted by Gasteiger charge is -2.22. The van der Waals surface area contributed by atoms with E-state index < -0.39 is 0 Å². The highest BCUT2D eigenvalue weighted by atomic mass is 19.1. The first-order chi connectivity index (χ1) is 10.7. The van der Waals surface area contributed by atoms with Crippen LogP contribution in [0.15, 0.2) is 28.8 Å². The van der Waals surface area contributed by atoms with Crippen LogP contribution in [0.3, 0.4) is 0 Å². The van der Waals surface area contributed by atoms with E-state index >= 15 is 0 Å². The number of amides is 1. The first kappa shape index (κ1) is 14.7. The Bertz CT molecular complexity index is 671. The van der Waals surface area contributed by atoms with Crippen LogP contribution in [0.25, 0.3) is 0 Å². The van der Waals surface area contributed by atoms with Crippen LogP contribution in [0.1, 0.15) is 49.5 Å². The van der Waals surface area contributed by atoms with E-state index in [4.69, 9.17) is 4.52 Å². The average Bonchev–Trinajstić information content (AvgIpc) is 3.08. The van der Waals surface area contributed by atoms with Gasteiger partial charge in [0.2, 0.25) is 11.8 Å². The van der Waals surface area contributed by atoms with Crippen molar-refractivity contribution in [3.63, 3.8) is 0 Å². The highest BCUT2D eigenvalue weighted by Gasteiger charge is 2.35. The summed E-state index contributed by atoms with van der Waals surface area (Å²) in [6.07, 6.45) is 2.80. The zero-order valence-electron chi connectivity index (χ0n) is 12.5. The molecule has 2 heterocycles. The van der Waals surface area contributed by atoms with Gasteiger partial charge in [0.05, 0.1) is 0 Å². The summed E-state index contributed by atoms with van der Waals surface area (Å²) in [4.78, 5) is 18.2. The normalized spacial score (nSPS) is 18.2. The minimum absolute atomic E-state index is 0.0319. The Morgan fingerprint density at radius 3 is 3.09 bits per heavy atom. The zero-order chi connectivity index (χ0) is 15.5. The molecule has 1 saturated heterocycles. The molecule has 116 valence electrons. The minimum Gasteiger partial charge on any atom is -0.337 e. The molecule has 6 heteroatoms. The fraction of sp³-hybridized carbons (Fsp3) is 0.438.